The molecule has 0 radical (unpaired) electrons. The van der Waals surface area contributed by atoms with E-state index in [1.54, 1.807) is 0 Å². The summed E-state index contributed by atoms with van der Waals surface area (Å²) in [5.74, 6) is 0.0486. The predicted octanol–water partition coefficient (Wildman–Crippen LogP) is 3.52. The van der Waals surface area contributed by atoms with E-state index in [0.717, 1.165) is 11.1 Å². The van der Waals surface area contributed by atoms with Crippen molar-refractivity contribution in [2.75, 3.05) is 0 Å². The molecule has 3 rings (SSSR count). The van der Waals surface area contributed by atoms with Gasteiger partial charge in [0.2, 0.25) is 0 Å². The first-order chi connectivity index (χ1) is 9.58. The number of H-pyrrole nitrogens is 1. The molecule has 3 heteroatoms. The van der Waals surface area contributed by atoms with Crippen LogP contribution in [0.3, 0.4) is 0 Å². The van der Waals surface area contributed by atoms with E-state index in [4.69, 9.17) is 0 Å². The summed E-state index contributed by atoms with van der Waals surface area (Å²) in [6.07, 6.45) is 0. The highest BCUT2D eigenvalue weighted by Gasteiger charge is 2.15. The Labute approximate surface area is 116 Å². The Balaban J connectivity index is 2.44. The van der Waals surface area contributed by atoms with Crippen LogP contribution in [0.4, 0.5) is 0 Å². The fourth-order valence-electron chi connectivity index (χ4n) is 2.67. The van der Waals surface area contributed by atoms with E-state index in [9.17, 15) is 9.90 Å². The number of aromatic hydroxyl groups is 1. The Bertz CT molecular complexity index is 848. The third kappa shape index (κ3) is 1.88. The van der Waals surface area contributed by atoms with E-state index in [-0.39, 0.29) is 11.3 Å². The van der Waals surface area contributed by atoms with Gasteiger partial charge in [0.15, 0.2) is 0 Å². The van der Waals surface area contributed by atoms with Crippen LogP contribution in [0.25, 0.3) is 22.0 Å². The van der Waals surface area contributed by atoms with Crippen molar-refractivity contribution in [3.05, 3.63) is 63.9 Å². The van der Waals surface area contributed by atoms with Gasteiger partial charge in [0.25, 0.3) is 5.56 Å². The SMILES string of the molecule is Cc1cc(C)c2c(O)c(-c3ccccc3)c(=O)[nH]c2c1. The van der Waals surface area contributed by atoms with E-state index in [0.29, 0.717) is 22.0 Å². The zero-order valence-corrected chi connectivity index (χ0v) is 11.4. The molecule has 1 heterocycles. The van der Waals surface area contributed by atoms with Crippen molar-refractivity contribution in [3.63, 3.8) is 0 Å². The molecule has 0 aliphatic rings. The van der Waals surface area contributed by atoms with Gasteiger partial charge in [-0.1, -0.05) is 36.4 Å². The Hall–Kier alpha value is -2.55. The van der Waals surface area contributed by atoms with Crippen molar-refractivity contribution in [3.8, 4) is 16.9 Å². The Kier molecular flexibility index (Phi) is 2.83. The molecule has 0 spiro atoms. The van der Waals surface area contributed by atoms with Crippen LogP contribution in [-0.2, 0) is 0 Å². The van der Waals surface area contributed by atoms with Gasteiger partial charge < -0.3 is 10.1 Å². The van der Waals surface area contributed by atoms with E-state index in [1.165, 1.54) is 0 Å². The van der Waals surface area contributed by atoms with Crippen molar-refractivity contribution < 1.29 is 5.11 Å². The molecule has 0 unspecified atom stereocenters. The molecule has 100 valence electrons. The number of hydrogen-bond donors (Lipinski definition) is 2. The summed E-state index contributed by atoms with van der Waals surface area (Å²) in [7, 11) is 0. The van der Waals surface area contributed by atoms with Crippen LogP contribution in [0.2, 0.25) is 0 Å². The molecule has 0 atom stereocenters. The minimum atomic E-state index is -0.272. The number of fused-ring (bicyclic) bond motifs is 1. The Morgan fingerprint density at radius 2 is 1.75 bits per heavy atom. The highest BCUT2D eigenvalue weighted by Crippen LogP contribution is 2.34. The normalized spacial score (nSPS) is 10.9. The van der Waals surface area contributed by atoms with Gasteiger partial charge in [-0.3, -0.25) is 4.79 Å². The summed E-state index contributed by atoms with van der Waals surface area (Å²) in [6.45, 7) is 3.90. The maximum absolute atomic E-state index is 12.3. The molecule has 0 aliphatic carbocycles. The molecular weight excluding hydrogens is 250 g/mol. The van der Waals surface area contributed by atoms with Gasteiger partial charge >= 0.3 is 0 Å². The number of aromatic amines is 1. The molecular formula is C17H15NO2. The lowest BCUT2D eigenvalue weighted by atomic mass is 9.99. The number of nitrogens with one attached hydrogen (secondary N) is 1. The zero-order valence-electron chi connectivity index (χ0n) is 11.4. The molecule has 20 heavy (non-hydrogen) atoms. The summed E-state index contributed by atoms with van der Waals surface area (Å²) < 4.78 is 0. The summed E-state index contributed by atoms with van der Waals surface area (Å²) in [5.41, 5.74) is 3.44. The maximum atomic E-state index is 12.3. The predicted molar refractivity (Wildman–Crippen MR) is 81.1 cm³/mol. The number of aromatic nitrogens is 1. The van der Waals surface area contributed by atoms with Crippen LogP contribution < -0.4 is 5.56 Å². The van der Waals surface area contributed by atoms with E-state index in [1.807, 2.05) is 56.3 Å². The first-order valence-corrected chi connectivity index (χ1v) is 6.49. The average Bonchev–Trinajstić information content (AvgIpc) is 2.38. The van der Waals surface area contributed by atoms with Gasteiger partial charge in [-0.15, -0.1) is 0 Å². The molecule has 0 bridgehead atoms. The van der Waals surface area contributed by atoms with Gasteiger partial charge in [0.1, 0.15) is 5.75 Å². The second-order valence-electron chi connectivity index (χ2n) is 5.05. The Morgan fingerprint density at radius 3 is 2.45 bits per heavy atom. The molecule has 3 aromatic rings. The first kappa shape index (κ1) is 12.5. The minimum absolute atomic E-state index is 0.0486. The summed E-state index contributed by atoms with van der Waals surface area (Å²) in [4.78, 5) is 15.1. The lowest BCUT2D eigenvalue weighted by Gasteiger charge is -2.10. The first-order valence-electron chi connectivity index (χ1n) is 6.49. The summed E-state index contributed by atoms with van der Waals surface area (Å²) >= 11 is 0. The average molecular weight is 265 g/mol. The second kappa shape index (κ2) is 4.53. The van der Waals surface area contributed by atoms with Crippen molar-refractivity contribution >= 4 is 10.9 Å². The molecule has 3 nitrogen and oxygen atoms in total. The fraction of sp³-hybridized carbons (Fsp3) is 0.118. The fourth-order valence-corrected chi connectivity index (χ4v) is 2.67. The molecule has 0 aliphatic heterocycles. The van der Waals surface area contributed by atoms with Gasteiger partial charge in [-0.25, -0.2) is 0 Å². The van der Waals surface area contributed by atoms with Gasteiger partial charge in [-0.05, 0) is 36.6 Å². The molecule has 0 saturated carbocycles. The summed E-state index contributed by atoms with van der Waals surface area (Å²) in [5, 5.41) is 11.2. The van der Waals surface area contributed by atoms with Crippen molar-refractivity contribution in [1.82, 2.24) is 4.98 Å². The standard InChI is InChI=1S/C17H15NO2/c1-10-8-11(2)14-13(9-10)18-17(20)15(16(14)19)12-6-4-3-5-7-12/h3-9H,1-2H3,(H2,18,19,20). The van der Waals surface area contributed by atoms with Crippen molar-refractivity contribution in [2.45, 2.75) is 13.8 Å². The molecule has 0 amide bonds. The van der Waals surface area contributed by atoms with Crippen LogP contribution >= 0.6 is 0 Å². The number of rotatable bonds is 1. The van der Waals surface area contributed by atoms with Crippen LogP contribution in [0.15, 0.2) is 47.3 Å². The monoisotopic (exact) mass is 265 g/mol. The van der Waals surface area contributed by atoms with Gasteiger partial charge in [0, 0.05) is 5.39 Å². The lowest BCUT2D eigenvalue weighted by Crippen LogP contribution is -2.09. The maximum Gasteiger partial charge on any atom is 0.260 e. The van der Waals surface area contributed by atoms with Gasteiger partial charge in [0.05, 0.1) is 11.1 Å². The molecule has 0 saturated heterocycles. The van der Waals surface area contributed by atoms with Crippen LogP contribution in [0, 0.1) is 13.8 Å². The highest BCUT2D eigenvalue weighted by atomic mass is 16.3. The third-order valence-corrected chi connectivity index (χ3v) is 3.49. The van der Waals surface area contributed by atoms with Crippen molar-refractivity contribution in [2.24, 2.45) is 0 Å². The molecule has 1 aromatic heterocycles. The smallest absolute Gasteiger partial charge is 0.260 e. The zero-order chi connectivity index (χ0) is 14.3. The van der Waals surface area contributed by atoms with E-state index in [2.05, 4.69) is 4.98 Å². The third-order valence-electron chi connectivity index (χ3n) is 3.49. The quantitative estimate of drug-likeness (QED) is 0.707. The number of hydrogen-bond acceptors (Lipinski definition) is 2. The van der Waals surface area contributed by atoms with E-state index < -0.39 is 0 Å². The number of pyridine rings is 1. The van der Waals surface area contributed by atoms with Gasteiger partial charge in [-0.2, -0.15) is 0 Å². The topological polar surface area (TPSA) is 53.1 Å². The van der Waals surface area contributed by atoms with Crippen molar-refractivity contribution in [1.29, 1.82) is 0 Å². The minimum Gasteiger partial charge on any atom is -0.506 e. The molecule has 2 N–H and O–H groups in total. The van der Waals surface area contributed by atoms with E-state index >= 15 is 0 Å². The molecule has 2 aromatic carbocycles. The number of benzene rings is 2. The largest absolute Gasteiger partial charge is 0.506 e. The lowest BCUT2D eigenvalue weighted by molar-refractivity contribution is 0.482. The van der Waals surface area contributed by atoms with Crippen LogP contribution in [0.5, 0.6) is 5.75 Å². The Morgan fingerprint density at radius 1 is 1.05 bits per heavy atom. The highest BCUT2D eigenvalue weighted by molar-refractivity contribution is 5.94. The summed E-state index contributed by atoms with van der Waals surface area (Å²) in [6, 6.07) is 13.1. The second-order valence-corrected chi connectivity index (χ2v) is 5.05. The van der Waals surface area contributed by atoms with Crippen LogP contribution in [-0.4, -0.2) is 10.1 Å². The van der Waals surface area contributed by atoms with Crippen LogP contribution in [0.1, 0.15) is 11.1 Å². The number of aryl methyl sites for hydroxylation is 2. The molecule has 0 fully saturated rings.